The molecule has 1 aliphatic carbocycles. The van der Waals surface area contributed by atoms with E-state index in [1.165, 1.54) is 18.7 Å². The number of benzene rings is 1. The lowest BCUT2D eigenvalue weighted by Crippen LogP contribution is -2.29. The molecule has 2 N–H and O–H groups in total. The molecular weight excluding hydrogens is 297 g/mol. The van der Waals surface area contributed by atoms with Crippen molar-refractivity contribution in [1.29, 1.82) is 0 Å². The van der Waals surface area contributed by atoms with Gasteiger partial charge in [0, 0.05) is 18.3 Å². The summed E-state index contributed by atoms with van der Waals surface area (Å²) in [6, 6.07) is 8.53. The van der Waals surface area contributed by atoms with E-state index in [0.717, 1.165) is 30.4 Å². The Balaban J connectivity index is 1.57. The zero-order chi connectivity index (χ0) is 16.1. The van der Waals surface area contributed by atoms with Gasteiger partial charge in [-0.15, -0.1) is 0 Å². The third-order valence-electron chi connectivity index (χ3n) is 3.78. The first-order valence-corrected chi connectivity index (χ1v) is 7.61. The van der Waals surface area contributed by atoms with Crippen molar-refractivity contribution in [2.45, 2.75) is 31.9 Å². The van der Waals surface area contributed by atoms with E-state index in [0.29, 0.717) is 6.54 Å². The largest absolute Gasteiger partial charge is 0.490 e. The third kappa shape index (κ3) is 3.97. The smallest absolute Gasteiger partial charge is 0.319 e. The van der Waals surface area contributed by atoms with Crippen LogP contribution in [0.3, 0.4) is 0 Å². The minimum Gasteiger partial charge on any atom is -0.490 e. The van der Waals surface area contributed by atoms with E-state index >= 15 is 0 Å². The molecule has 23 heavy (non-hydrogen) atoms. The van der Waals surface area contributed by atoms with Crippen molar-refractivity contribution in [1.82, 2.24) is 10.3 Å². The zero-order valence-electron chi connectivity index (χ0n) is 12.6. The van der Waals surface area contributed by atoms with Gasteiger partial charge in [-0.3, -0.25) is 4.98 Å². The van der Waals surface area contributed by atoms with Crippen LogP contribution in [0.5, 0.6) is 5.75 Å². The molecule has 1 aromatic carbocycles. The van der Waals surface area contributed by atoms with E-state index in [-0.39, 0.29) is 11.8 Å². The number of carbonyl (C=O) groups is 1. The highest BCUT2D eigenvalue weighted by Crippen LogP contribution is 2.27. The van der Waals surface area contributed by atoms with E-state index in [1.807, 2.05) is 24.3 Å². The molecule has 1 aliphatic rings. The Hall–Kier alpha value is -2.63. The fourth-order valence-electron chi connectivity index (χ4n) is 2.25. The molecule has 0 atom stereocenters. The molecule has 1 aromatic heterocycles. The molecule has 0 saturated heterocycles. The van der Waals surface area contributed by atoms with Crippen LogP contribution in [0, 0.1) is 5.82 Å². The second kappa shape index (κ2) is 7.09. The number of halogens is 1. The summed E-state index contributed by atoms with van der Waals surface area (Å²) in [5.41, 5.74) is 0.987. The van der Waals surface area contributed by atoms with Gasteiger partial charge in [0.15, 0.2) is 5.82 Å². The summed E-state index contributed by atoms with van der Waals surface area (Å²) in [6.07, 6.45) is 6.09. The van der Waals surface area contributed by atoms with Gasteiger partial charge in [0.2, 0.25) is 0 Å². The molecule has 0 radical (unpaired) electrons. The molecule has 0 aliphatic heterocycles. The number of nitrogens with zero attached hydrogens (tertiary/aromatic N) is 1. The number of amides is 2. The molecule has 0 spiro atoms. The predicted octanol–water partition coefficient (Wildman–Crippen LogP) is 3.47. The summed E-state index contributed by atoms with van der Waals surface area (Å²) in [4.78, 5) is 15.5. The standard InChI is InChI=1S/C17H18FN3O2/c18-14-11-19-9-8-15(14)21-17(22)20-10-12-4-1-2-7-16(12)23-13-5-3-6-13/h1-2,4,7-9,11,13H,3,5-6,10H2,(H2,19,20,21,22). The van der Waals surface area contributed by atoms with Crippen molar-refractivity contribution >= 4 is 11.7 Å². The molecule has 0 bridgehead atoms. The normalized spacial score (nSPS) is 14.0. The predicted molar refractivity (Wildman–Crippen MR) is 84.8 cm³/mol. The van der Waals surface area contributed by atoms with Crippen LogP contribution < -0.4 is 15.4 Å². The molecule has 0 unspecified atom stereocenters. The molecule has 6 heteroatoms. The fraction of sp³-hybridized carbons (Fsp3) is 0.294. The Morgan fingerprint density at radius 1 is 1.30 bits per heavy atom. The number of ether oxygens (including phenoxy) is 1. The average molecular weight is 315 g/mol. The molecule has 2 aromatic rings. The van der Waals surface area contributed by atoms with Gasteiger partial charge < -0.3 is 15.4 Å². The second-order valence-corrected chi connectivity index (χ2v) is 5.44. The highest BCUT2D eigenvalue weighted by atomic mass is 19.1. The highest BCUT2D eigenvalue weighted by molar-refractivity contribution is 5.89. The molecule has 1 fully saturated rings. The summed E-state index contributed by atoms with van der Waals surface area (Å²) < 4.78 is 19.4. The summed E-state index contributed by atoms with van der Waals surface area (Å²) in [5, 5.41) is 5.16. The van der Waals surface area contributed by atoms with Gasteiger partial charge in [-0.25, -0.2) is 9.18 Å². The monoisotopic (exact) mass is 315 g/mol. The number of aromatic nitrogens is 1. The number of urea groups is 1. The van der Waals surface area contributed by atoms with Gasteiger partial charge in [-0.1, -0.05) is 18.2 Å². The van der Waals surface area contributed by atoms with Crippen LogP contribution in [-0.2, 0) is 6.54 Å². The van der Waals surface area contributed by atoms with Gasteiger partial charge in [-0.2, -0.15) is 0 Å². The fourth-order valence-corrected chi connectivity index (χ4v) is 2.25. The highest BCUT2D eigenvalue weighted by Gasteiger charge is 2.20. The van der Waals surface area contributed by atoms with Gasteiger partial charge in [-0.05, 0) is 31.4 Å². The number of hydrogen-bond donors (Lipinski definition) is 2. The van der Waals surface area contributed by atoms with E-state index in [2.05, 4.69) is 15.6 Å². The number of carbonyl (C=O) groups excluding carboxylic acids is 1. The number of anilines is 1. The molecule has 120 valence electrons. The summed E-state index contributed by atoms with van der Waals surface area (Å²) in [6.45, 7) is 0.307. The van der Waals surface area contributed by atoms with Crippen LogP contribution in [0.15, 0.2) is 42.7 Å². The van der Waals surface area contributed by atoms with Crippen molar-refractivity contribution in [2.24, 2.45) is 0 Å². The Morgan fingerprint density at radius 2 is 2.13 bits per heavy atom. The number of nitrogens with one attached hydrogen (secondary N) is 2. The van der Waals surface area contributed by atoms with Crippen molar-refractivity contribution < 1.29 is 13.9 Å². The van der Waals surface area contributed by atoms with Gasteiger partial charge in [0.25, 0.3) is 0 Å². The van der Waals surface area contributed by atoms with Gasteiger partial charge in [0.05, 0.1) is 18.0 Å². The Morgan fingerprint density at radius 3 is 2.87 bits per heavy atom. The van der Waals surface area contributed by atoms with Crippen molar-refractivity contribution in [3.05, 3.63) is 54.1 Å². The Labute approximate surface area is 133 Å². The molecule has 5 nitrogen and oxygen atoms in total. The lowest BCUT2D eigenvalue weighted by Gasteiger charge is -2.27. The van der Waals surface area contributed by atoms with Crippen LogP contribution in [0.25, 0.3) is 0 Å². The number of pyridine rings is 1. The minimum atomic E-state index is -0.573. The van der Waals surface area contributed by atoms with Crippen molar-refractivity contribution in [3.63, 3.8) is 0 Å². The van der Waals surface area contributed by atoms with Crippen LogP contribution in [0.2, 0.25) is 0 Å². The van der Waals surface area contributed by atoms with E-state index in [9.17, 15) is 9.18 Å². The first-order chi connectivity index (χ1) is 11.2. The van der Waals surface area contributed by atoms with E-state index < -0.39 is 11.8 Å². The second-order valence-electron chi connectivity index (χ2n) is 5.44. The maximum Gasteiger partial charge on any atom is 0.319 e. The maximum atomic E-state index is 13.4. The van der Waals surface area contributed by atoms with E-state index in [1.54, 1.807) is 0 Å². The Bertz CT molecular complexity index is 689. The lowest BCUT2D eigenvalue weighted by molar-refractivity contribution is 0.119. The van der Waals surface area contributed by atoms with Crippen LogP contribution in [0.4, 0.5) is 14.9 Å². The van der Waals surface area contributed by atoms with Crippen LogP contribution in [-0.4, -0.2) is 17.1 Å². The molecular formula is C17H18FN3O2. The minimum absolute atomic E-state index is 0.0940. The average Bonchev–Trinajstić information content (AvgIpc) is 2.52. The topological polar surface area (TPSA) is 63.2 Å². The molecule has 1 saturated carbocycles. The third-order valence-corrected chi connectivity index (χ3v) is 3.78. The lowest BCUT2D eigenvalue weighted by atomic mass is 9.96. The maximum absolute atomic E-state index is 13.4. The first-order valence-electron chi connectivity index (χ1n) is 7.61. The number of para-hydroxylation sites is 1. The molecule has 3 rings (SSSR count). The van der Waals surface area contributed by atoms with Crippen molar-refractivity contribution in [2.75, 3.05) is 5.32 Å². The van der Waals surface area contributed by atoms with Gasteiger partial charge >= 0.3 is 6.03 Å². The van der Waals surface area contributed by atoms with Gasteiger partial charge in [0.1, 0.15) is 5.75 Å². The quantitative estimate of drug-likeness (QED) is 0.888. The summed E-state index contributed by atoms with van der Waals surface area (Å²) >= 11 is 0. The number of hydrogen-bond acceptors (Lipinski definition) is 3. The summed E-state index contributed by atoms with van der Waals surface area (Å²) in [5.74, 6) is 0.212. The zero-order valence-corrected chi connectivity index (χ0v) is 12.6. The van der Waals surface area contributed by atoms with E-state index in [4.69, 9.17) is 4.74 Å². The molecule has 1 heterocycles. The van der Waals surface area contributed by atoms with Crippen LogP contribution in [0.1, 0.15) is 24.8 Å². The molecule has 2 amide bonds. The first kappa shape index (κ1) is 15.3. The SMILES string of the molecule is O=C(NCc1ccccc1OC1CCC1)Nc1ccncc1F. The Kier molecular flexibility index (Phi) is 4.71. The van der Waals surface area contributed by atoms with Crippen LogP contribution >= 0.6 is 0 Å². The summed E-state index contributed by atoms with van der Waals surface area (Å²) in [7, 11) is 0. The van der Waals surface area contributed by atoms with Crippen molar-refractivity contribution in [3.8, 4) is 5.75 Å². The number of rotatable bonds is 5.